The van der Waals surface area contributed by atoms with E-state index >= 15 is 0 Å². The molecule has 1 aliphatic carbocycles. The van der Waals surface area contributed by atoms with Crippen molar-refractivity contribution in [3.63, 3.8) is 0 Å². The summed E-state index contributed by atoms with van der Waals surface area (Å²) in [5, 5.41) is 0.822. The predicted molar refractivity (Wildman–Crippen MR) is 80.5 cm³/mol. The summed E-state index contributed by atoms with van der Waals surface area (Å²) in [6, 6.07) is 0. The summed E-state index contributed by atoms with van der Waals surface area (Å²) >= 11 is 1.68. The normalized spacial score (nSPS) is 14.6. The van der Waals surface area contributed by atoms with Crippen molar-refractivity contribution in [3.05, 3.63) is 16.8 Å². The molecule has 1 aliphatic rings. The number of nitrogens with two attached hydrogens (primary N) is 2. The van der Waals surface area contributed by atoms with Gasteiger partial charge in [0.15, 0.2) is 11.5 Å². The lowest BCUT2D eigenvalue weighted by atomic mass is 9.95. The Morgan fingerprint density at radius 2 is 2.00 bits per heavy atom. The highest BCUT2D eigenvalue weighted by Gasteiger charge is 2.23. The first-order valence-corrected chi connectivity index (χ1v) is 7.42. The van der Waals surface area contributed by atoms with Gasteiger partial charge in [0.1, 0.15) is 17.7 Å². The largest absolute Gasteiger partial charge is 0.390 e. The number of hydrogen-bond donors (Lipinski definition) is 3. The maximum Gasteiger partial charge on any atom is 0.183 e. The van der Waals surface area contributed by atoms with Crippen LogP contribution in [0.25, 0.3) is 22.6 Å². The van der Waals surface area contributed by atoms with Crippen LogP contribution in [0, 0.1) is 0 Å². The van der Waals surface area contributed by atoms with E-state index in [0.717, 1.165) is 29.2 Å². The van der Waals surface area contributed by atoms with Crippen LogP contribution in [0.15, 0.2) is 6.33 Å². The second-order valence-corrected chi connectivity index (χ2v) is 6.13. The fraction of sp³-hybridized carbons (Fsp3) is 0.308. The summed E-state index contributed by atoms with van der Waals surface area (Å²) in [7, 11) is 0. The van der Waals surface area contributed by atoms with Gasteiger partial charge in [0.2, 0.25) is 0 Å². The van der Waals surface area contributed by atoms with Gasteiger partial charge in [-0.3, -0.25) is 0 Å². The van der Waals surface area contributed by atoms with E-state index in [9.17, 15) is 0 Å². The van der Waals surface area contributed by atoms with Crippen molar-refractivity contribution in [3.8, 4) is 11.4 Å². The molecule has 3 heterocycles. The average molecular weight is 286 g/mol. The molecule has 7 heteroatoms. The highest BCUT2D eigenvalue weighted by Crippen LogP contribution is 2.41. The second-order valence-electron chi connectivity index (χ2n) is 4.99. The first-order valence-electron chi connectivity index (χ1n) is 6.60. The number of nitrogens with zero attached hydrogens (tertiary/aromatic N) is 3. The zero-order valence-electron chi connectivity index (χ0n) is 10.8. The van der Waals surface area contributed by atoms with Gasteiger partial charge in [-0.15, -0.1) is 11.3 Å². The lowest BCUT2D eigenvalue weighted by molar-refractivity contribution is 0.698. The van der Waals surface area contributed by atoms with E-state index in [0.29, 0.717) is 17.0 Å². The Bertz CT molecular complexity index is 803. The molecule has 3 aromatic heterocycles. The monoisotopic (exact) mass is 286 g/mol. The van der Waals surface area contributed by atoms with E-state index in [-0.39, 0.29) is 0 Å². The van der Waals surface area contributed by atoms with Gasteiger partial charge in [0, 0.05) is 4.88 Å². The summed E-state index contributed by atoms with van der Waals surface area (Å²) in [5.74, 6) is 1.17. The quantitative estimate of drug-likeness (QED) is 0.635. The molecule has 0 atom stereocenters. The van der Waals surface area contributed by atoms with Crippen LogP contribution in [0.1, 0.15) is 23.3 Å². The number of imidazole rings is 1. The van der Waals surface area contributed by atoms with Crippen LogP contribution in [0.2, 0.25) is 0 Å². The molecule has 6 nitrogen and oxygen atoms in total. The van der Waals surface area contributed by atoms with Gasteiger partial charge in [0.05, 0.1) is 10.6 Å². The molecule has 0 saturated carbocycles. The van der Waals surface area contributed by atoms with Gasteiger partial charge < -0.3 is 16.5 Å². The predicted octanol–water partition coefficient (Wildman–Crippen LogP) is 2.12. The van der Waals surface area contributed by atoms with E-state index in [2.05, 4.69) is 19.9 Å². The molecule has 0 radical (unpaired) electrons. The molecule has 0 saturated heterocycles. The molecule has 5 N–H and O–H groups in total. The minimum Gasteiger partial charge on any atom is -0.390 e. The van der Waals surface area contributed by atoms with Gasteiger partial charge in [-0.1, -0.05) is 0 Å². The second kappa shape index (κ2) is 4.17. The van der Waals surface area contributed by atoms with Crippen molar-refractivity contribution in [2.24, 2.45) is 0 Å². The third-order valence-electron chi connectivity index (χ3n) is 3.75. The number of nitrogens with one attached hydrogen (secondary N) is 1. The van der Waals surface area contributed by atoms with Crippen LogP contribution >= 0.6 is 11.3 Å². The molecule has 0 aliphatic heterocycles. The number of nitrogen functional groups attached to an aromatic ring is 2. The van der Waals surface area contributed by atoms with E-state index < -0.39 is 0 Å². The molecule has 4 rings (SSSR count). The van der Waals surface area contributed by atoms with Gasteiger partial charge in [-0.05, 0) is 31.2 Å². The average Bonchev–Trinajstić information content (AvgIpc) is 2.99. The fourth-order valence-corrected chi connectivity index (χ4v) is 3.97. The lowest BCUT2D eigenvalue weighted by Gasteiger charge is -2.11. The Morgan fingerprint density at radius 1 is 1.15 bits per heavy atom. The van der Waals surface area contributed by atoms with Crippen molar-refractivity contribution in [2.45, 2.75) is 25.7 Å². The third kappa shape index (κ3) is 1.59. The number of H-pyrrole nitrogens is 1. The van der Waals surface area contributed by atoms with Crippen molar-refractivity contribution in [1.82, 2.24) is 19.9 Å². The third-order valence-corrected chi connectivity index (χ3v) is 4.87. The van der Waals surface area contributed by atoms with Crippen molar-refractivity contribution in [1.29, 1.82) is 0 Å². The zero-order chi connectivity index (χ0) is 13.7. The van der Waals surface area contributed by atoms with Gasteiger partial charge in [0.25, 0.3) is 0 Å². The molecule has 3 aromatic rings. The Balaban J connectivity index is 1.95. The van der Waals surface area contributed by atoms with Crippen LogP contribution in [-0.4, -0.2) is 19.9 Å². The summed E-state index contributed by atoms with van der Waals surface area (Å²) in [6.45, 7) is 0. The van der Waals surface area contributed by atoms with Gasteiger partial charge >= 0.3 is 0 Å². The summed E-state index contributed by atoms with van der Waals surface area (Å²) in [6.07, 6.45) is 6.06. The molecular formula is C13H14N6S. The summed E-state index contributed by atoms with van der Waals surface area (Å²) in [4.78, 5) is 17.3. The highest BCUT2D eigenvalue weighted by atomic mass is 32.1. The van der Waals surface area contributed by atoms with Crippen molar-refractivity contribution >= 4 is 33.3 Å². The molecule has 0 aromatic carbocycles. The minimum atomic E-state index is 0.413. The van der Waals surface area contributed by atoms with Crippen LogP contribution in [0.3, 0.4) is 0 Å². The molecule has 0 spiro atoms. The zero-order valence-corrected chi connectivity index (χ0v) is 11.6. The summed E-state index contributed by atoms with van der Waals surface area (Å²) in [5.41, 5.74) is 15.7. The highest BCUT2D eigenvalue weighted by molar-refractivity contribution is 7.16. The molecule has 0 fully saturated rings. The van der Waals surface area contributed by atoms with Crippen molar-refractivity contribution < 1.29 is 0 Å². The molecule has 102 valence electrons. The molecular weight excluding hydrogens is 272 g/mol. The number of aromatic amines is 1. The summed E-state index contributed by atoms with van der Waals surface area (Å²) < 4.78 is 0. The van der Waals surface area contributed by atoms with Crippen LogP contribution in [-0.2, 0) is 12.8 Å². The smallest absolute Gasteiger partial charge is 0.183 e. The Morgan fingerprint density at radius 3 is 2.85 bits per heavy atom. The number of aryl methyl sites for hydroxylation is 1. The first kappa shape index (κ1) is 11.7. The maximum absolute atomic E-state index is 6.20. The lowest BCUT2D eigenvalue weighted by Crippen LogP contribution is -2.00. The van der Waals surface area contributed by atoms with Crippen LogP contribution in [0.5, 0.6) is 0 Å². The van der Waals surface area contributed by atoms with Crippen molar-refractivity contribution in [2.75, 3.05) is 11.5 Å². The van der Waals surface area contributed by atoms with E-state index in [1.807, 2.05) is 0 Å². The molecule has 0 unspecified atom stereocenters. The number of rotatable bonds is 1. The Hall–Kier alpha value is -2.15. The van der Waals surface area contributed by atoms with Gasteiger partial charge in [-0.2, -0.15) is 0 Å². The SMILES string of the molecule is Nc1sc2c(c1-c1nc3ncnc(N)c3[nH]1)CCCC2. The number of anilines is 2. The number of aromatic nitrogens is 4. The molecule has 20 heavy (non-hydrogen) atoms. The standard InChI is InChI=1S/C13H14N6S/c14-10-9-13(17-5-16-10)19-12(18-9)8-6-3-1-2-4-7(6)20-11(8)15/h5H,1-4,15H2,(H3,14,16,17,18,19). The first-order chi connectivity index (χ1) is 9.74. The number of hydrogen-bond acceptors (Lipinski definition) is 6. The Kier molecular flexibility index (Phi) is 2.43. The number of fused-ring (bicyclic) bond motifs is 2. The Labute approximate surface area is 119 Å². The molecule has 0 amide bonds. The van der Waals surface area contributed by atoms with Gasteiger partial charge in [-0.25, -0.2) is 15.0 Å². The van der Waals surface area contributed by atoms with E-state index in [1.54, 1.807) is 11.3 Å². The number of thiophene rings is 1. The maximum atomic E-state index is 6.20. The minimum absolute atomic E-state index is 0.413. The van der Waals surface area contributed by atoms with Crippen LogP contribution in [0.4, 0.5) is 10.8 Å². The van der Waals surface area contributed by atoms with Crippen LogP contribution < -0.4 is 11.5 Å². The fourth-order valence-electron chi connectivity index (χ4n) is 2.81. The van der Waals surface area contributed by atoms with E-state index in [1.165, 1.54) is 29.6 Å². The van der Waals surface area contributed by atoms with E-state index in [4.69, 9.17) is 11.5 Å². The topological polar surface area (TPSA) is 106 Å². The molecule has 0 bridgehead atoms.